The van der Waals surface area contributed by atoms with Crippen molar-refractivity contribution >= 4 is 21.6 Å². The van der Waals surface area contributed by atoms with Gasteiger partial charge in [-0.05, 0) is 38.5 Å². The Morgan fingerprint density at radius 1 is 1.14 bits per heavy atom. The van der Waals surface area contributed by atoms with Gasteiger partial charge in [0.15, 0.2) is 0 Å². The van der Waals surface area contributed by atoms with E-state index in [1.54, 1.807) is 6.92 Å². The number of nitrogens with zero attached hydrogens (tertiary/aromatic N) is 1. The van der Waals surface area contributed by atoms with Crippen molar-refractivity contribution in [3.05, 3.63) is 28.2 Å². The molecule has 0 aliphatic rings. The zero-order valence-corrected chi connectivity index (χ0v) is 14.7. The zero-order chi connectivity index (χ0) is 15.7. The summed E-state index contributed by atoms with van der Waals surface area (Å²) in [5.41, 5.74) is 2.00. The van der Waals surface area contributed by atoms with E-state index < -0.39 is 6.10 Å². The molecule has 0 unspecified atom stereocenters. The lowest BCUT2D eigenvalue weighted by molar-refractivity contribution is 0.141. The third-order valence-corrected chi connectivity index (χ3v) is 3.91. The van der Waals surface area contributed by atoms with Crippen molar-refractivity contribution in [2.45, 2.75) is 26.9 Å². The highest BCUT2D eigenvalue weighted by atomic mass is 79.9. The minimum absolute atomic E-state index is 0.478. The zero-order valence-electron chi connectivity index (χ0n) is 13.1. The van der Waals surface area contributed by atoms with Crippen molar-refractivity contribution in [2.75, 3.05) is 44.4 Å². The Balaban J connectivity index is 2.77. The Bertz CT molecular complexity index is 403. The number of ether oxygens (including phenoxy) is 2. The number of anilines is 1. The van der Waals surface area contributed by atoms with Gasteiger partial charge in [0, 0.05) is 36.5 Å². The van der Waals surface area contributed by atoms with Gasteiger partial charge in [-0.3, -0.25) is 0 Å². The van der Waals surface area contributed by atoms with Gasteiger partial charge in [0.1, 0.15) is 0 Å². The van der Waals surface area contributed by atoms with Crippen LogP contribution in [0.15, 0.2) is 22.7 Å². The molecule has 0 heterocycles. The molecule has 0 saturated heterocycles. The maximum absolute atomic E-state index is 9.70. The average molecular weight is 360 g/mol. The fourth-order valence-corrected chi connectivity index (χ4v) is 2.76. The van der Waals surface area contributed by atoms with Gasteiger partial charge in [-0.15, -0.1) is 0 Å². The molecular weight excluding hydrogens is 334 g/mol. The van der Waals surface area contributed by atoms with Crippen molar-refractivity contribution in [1.29, 1.82) is 0 Å². The molecule has 0 amide bonds. The van der Waals surface area contributed by atoms with E-state index in [9.17, 15) is 5.11 Å². The van der Waals surface area contributed by atoms with Crippen LogP contribution in [0, 0.1) is 0 Å². The van der Waals surface area contributed by atoms with E-state index in [1.165, 1.54) is 0 Å². The summed E-state index contributed by atoms with van der Waals surface area (Å²) in [7, 11) is 0. The third-order valence-electron chi connectivity index (χ3n) is 3.22. The number of hydrogen-bond donors (Lipinski definition) is 1. The smallest absolute Gasteiger partial charge is 0.0772 e. The van der Waals surface area contributed by atoms with Gasteiger partial charge >= 0.3 is 0 Å². The van der Waals surface area contributed by atoms with Crippen molar-refractivity contribution in [3.8, 4) is 0 Å². The van der Waals surface area contributed by atoms with Crippen LogP contribution in [0.4, 0.5) is 5.69 Å². The van der Waals surface area contributed by atoms with E-state index in [0.717, 1.165) is 42.0 Å². The van der Waals surface area contributed by atoms with Crippen LogP contribution < -0.4 is 4.90 Å². The standard InChI is InChI=1S/C16H26BrNO3/c1-4-20-10-8-18(9-11-21-5-2)14-6-7-15(13(3)19)16(17)12-14/h6-7,12-13,19H,4-5,8-11H2,1-3H3/t13-/m1/s1. The predicted octanol–water partition coefficient (Wildman–Crippen LogP) is 3.38. The van der Waals surface area contributed by atoms with Gasteiger partial charge in [0.25, 0.3) is 0 Å². The number of halogens is 1. The van der Waals surface area contributed by atoms with Gasteiger partial charge in [-0.25, -0.2) is 0 Å². The first-order chi connectivity index (χ1) is 10.1. The minimum atomic E-state index is -0.478. The van der Waals surface area contributed by atoms with E-state index in [-0.39, 0.29) is 0 Å². The van der Waals surface area contributed by atoms with Crippen molar-refractivity contribution in [3.63, 3.8) is 0 Å². The number of hydrogen-bond acceptors (Lipinski definition) is 4. The van der Waals surface area contributed by atoms with Crippen molar-refractivity contribution in [2.24, 2.45) is 0 Å². The van der Waals surface area contributed by atoms with Crippen LogP contribution in [0.3, 0.4) is 0 Å². The van der Waals surface area contributed by atoms with E-state index >= 15 is 0 Å². The van der Waals surface area contributed by atoms with E-state index in [2.05, 4.69) is 20.8 Å². The van der Waals surface area contributed by atoms with E-state index in [0.29, 0.717) is 13.2 Å². The molecule has 5 heteroatoms. The van der Waals surface area contributed by atoms with Crippen LogP contribution in [0.2, 0.25) is 0 Å². The molecule has 0 aliphatic carbocycles. The first-order valence-corrected chi connectivity index (χ1v) is 8.27. The number of rotatable bonds is 10. The highest BCUT2D eigenvalue weighted by molar-refractivity contribution is 9.10. The van der Waals surface area contributed by atoms with Gasteiger partial charge < -0.3 is 19.5 Å². The lowest BCUT2D eigenvalue weighted by atomic mass is 10.1. The molecule has 0 saturated carbocycles. The molecule has 0 spiro atoms. The van der Waals surface area contributed by atoms with Crippen LogP contribution in [-0.2, 0) is 9.47 Å². The van der Waals surface area contributed by atoms with Gasteiger partial charge in [0.05, 0.1) is 19.3 Å². The molecule has 4 nitrogen and oxygen atoms in total. The van der Waals surface area contributed by atoms with Gasteiger partial charge in [-0.1, -0.05) is 22.0 Å². The quantitative estimate of drug-likeness (QED) is 0.650. The SMILES string of the molecule is CCOCCN(CCOCC)c1ccc([C@@H](C)O)c(Br)c1. The molecule has 0 aromatic heterocycles. The predicted molar refractivity (Wildman–Crippen MR) is 90.0 cm³/mol. The first kappa shape index (κ1) is 18.4. The summed E-state index contributed by atoms with van der Waals surface area (Å²) >= 11 is 3.53. The van der Waals surface area contributed by atoms with E-state index in [1.807, 2.05) is 32.0 Å². The summed E-state index contributed by atoms with van der Waals surface area (Å²) in [6, 6.07) is 6.03. The lowest BCUT2D eigenvalue weighted by Crippen LogP contribution is -2.31. The molecule has 0 fully saturated rings. The van der Waals surface area contributed by atoms with E-state index in [4.69, 9.17) is 9.47 Å². The summed E-state index contributed by atoms with van der Waals surface area (Å²) < 4.78 is 11.8. The molecule has 0 bridgehead atoms. The molecule has 1 aromatic carbocycles. The Kier molecular flexibility index (Phi) is 8.92. The summed E-state index contributed by atoms with van der Waals surface area (Å²) in [6.45, 7) is 10.2. The first-order valence-electron chi connectivity index (χ1n) is 7.48. The number of benzene rings is 1. The maximum atomic E-state index is 9.70. The Morgan fingerprint density at radius 2 is 1.71 bits per heavy atom. The topological polar surface area (TPSA) is 41.9 Å². The molecule has 1 N–H and O–H groups in total. The van der Waals surface area contributed by atoms with Crippen LogP contribution in [-0.4, -0.2) is 44.6 Å². The highest BCUT2D eigenvalue weighted by Crippen LogP contribution is 2.28. The Hall–Kier alpha value is -0.620. The third kappa shape index (κ3) is 6.34. The number of aliphatic hydroxyl groups is 1. The second-order valence-corrected chi connectivity index (χ2v) is 5.62. The normalized spacial score (nSPS) is 12.4. The molecule has 0 aliphatic heterocycles. The number of aliphatic hydroxyl groups excluding tert-OH is 1. The monoisotopic (exact) mass is 359 g/mol. The highest BCUT2D eigenvalue weighted by Gasteiger charge is 2.11. The Labute approximate surface area is 136 Å². The summed E-state index contributed by atoms with van der Waals surface area (Å²) in [4.78, 5) is 2.24. The van der Waals surface area contributed by atoms with Gasteiger partial charge in [-0.2, -0.15) is 0 Å². The molecule has 1 rings (SSSR count). The average Bonchev–Trinajstić information content (AvgIpc) is 2.45. The fourth-order valence-electron chi connectivity index (χ4n) is 2.06. The van der Waals surface area contributed by atoms with Gasteiger partial charge in [0.2, 0.25) is 0 Å². The minimum Gasteiger partial charge on any atom is -0.389 e. The van der Waals surface area contributed by atoms with Crippen LogP contribution in [0.1, 0.15) is 32.4 Å². The second-order valence-electron chi connectivity index (χ2n) is 4.76. The molecule has 1 atom stereocenters. The molecule has 120 valence electrons. The van der Waals surface area contributed by atoms with Crippen LogP contribution in [0.25, 0.3) is 0 Å². The lowest BCUT2D eigenvalue weighted by Gasteiger charge is -2.25. The molecule has 21 heavy (non-hydrogen) atoms. The van der Waals surface area contributed by atoms with Crippen molar-refractivity contribution < 1.29 is 14.6 Å². The molecular formula is C16H26BrNO3. The largest absolute Gasteiger partial charge is 0.389 e. The summed E-state index contributed by atoms with van der Waals surface area (Å²) in [5, 5.41) is 9.70. The Morgan fingerprint density at radius 3 is 2.14 bits per heavy atom. The maximum Gasteiger partial charge on any atom is 0.0772 e. The fraction of sp³-hybridized carbons (Fsp3) is 0.625. The second kappa shape index (κ2) is 10.2. The summed E-state index contributed by atoms with van der Waals surface area (Å²) in [5.74, 6) is 0. The van der Waals surface area contributed by atoms with Crippen molar-refractivity contribution in [1.82, 2.24) is 0 Å². The van der Waals surface area contributed by atoms with Crippen LogP contribution in [0.5, 0.6) is 0 Å². The molecule has 0 radical (unpaired) electrons. The molecule has 1 aromatic rings. The van der Waals surface area contributed by atoms with Crippen LogP contribution >= 0.6 is 15.9 Å². The summed E-state index contributed by atoms with van der Waals surface area (Å²) in [6.07, 6.45) is -0.478.